The summed E-state index contributed by atoms with van der Waals surface area (Å²) in [7, 11) is 0. The topological polar surface area (TPSA) is 75.4 Å². The SMILES string of the molecule is CCN(CC)Cc1nc2sc3c(c2c(=O)n1C(C)C(=O)O)CCCC3. The maximum absolute atomic E-state index is 13.2. The van der Waals surface area contributed by atoms with E-state index in [2.05, 4.69) is 18.7 Å². The van der Waals surface area contributed by atoms with Gasteiger partial charge in [-0.25, -0.2) is 9.78 Å². The summed E-state index contributed by atoms with van der Waals surface area (Å²) in [4.78, 5) is 33.8. The van der Waals surface area contributed by atoms with Gasteiger partial charge < -0.3 is 5.11 Å². The zero-order chi connectivity index (χ0) is 18.1. The molecule has 7 heteroatoms. The number of rotatable bonds is 6. The molecule has 136 valence electrons. The molecule has 0 amide bonds. The van der Waals surface area contributed by atoms with Crippen LogP contribution < -0.4 is 5.56 Å². The molecule has 3 rings (SSSR count). The van der Waals surface area contributed by atoms with E-state index in [0.29, 0.717) is 17.8 Å². The average molecular weight is 363 g/mol. The quantitative estimate of drug-likeness (QED) is 0.854. The zero-order valence-corrected chi connectivity index (χ0v) is 15.9. The number of aliphatic carboxylic acids is 1. The molecule has 1 aliphatic carbocycles. The highest BCUT2D eigenvalue weighted by Crippen LogP contribution is 2.34. The molecule has 0 bridgehead atoms. The molecule has 2 aromatic heterocycles. The third kappa shape index (κ3) is 3.22. The van der Waals surface area contributed by atoms with E-state index in [9.17, 15) is 14.7 Å². The van der Waals surface area contributed by atoms with Crippen molar-refractivity contribution in [1.29, 1.82) is 0 Å². The molecule has 25 heavy (non-hydrogen) atoms. The van der Waals surface area contributed by atoms with Gasteiger partial charge in [0, 0.05) is 4.88 Å². The van der Waals surface area contributed by atoms with E-state index in [0.717, 1.165) is 49.2 Å². The highest BCUT2D eigenvalue weighted by molar-refractivity contribution is 7.18. The largest absolute Gasteiger partial charge is 0.480 e. The molecule has 6 nitrogen and oxygen atoms in total. The molecule has 0 fully saturated rings. The second-order valence-electron chi connectivity index (χ2n) is 6.57. The fraction of sp³-hybridized carbons (Fsp3) is 0.611. The number of carboxylic acids is 1. The maximum atomic E-state index is 13.2. The fourth-order valence-electron chi connectivity index (χ4n) is 3.53. The van der Waals surface area contributed by atoms with Crippen LogP contribution in [0, 0.1) is 0 Å². The van der Waals surface area contributed by atoms with Crippen LogP contribution in [0.3, 0.4) is 0 Å². The first-order valence-corrected chi connectivity index (χ1v) is 9.80. The van der Waals surface area contributed by atoms with Gasteiger partial charge in [-0.1, -0.05) is 13.8 Å². The normalized spacial score (nSPS) is 15.5. The van der Waals surface area contributed by atoms with Gasteiger partial charge >= 0.3 is 5.97 Å². The second-order valence-corrected chi connectivity index (χ2v) is 7.65. The van der Waals surface area contributed by atoms with Gasteiger partial charge in [-0.3, -0.25) is 14.3 Å². The molecule has 1 unspecified atom stereocenters. The number of hydrogen-bond donors (Lipinski definition) is 1. The summed E-state index contributed by atoms with van der Waals surface area (Å²) < 4.78 is 1.39. The Morgan fingerprint density at radius 2 is 2.00 bits per heavy atom. The van der Waals surface area contributed by atoms with Gasteiger partial charge in [-0.2, -0.15) is 0 Å². The number of aryl methyl sites for hydroxylation is 2. The van der Waals surface area contributed by atoms with Gasteiger partial charge in [0.2, 0.25) is 0 Å². The van der Waals surface area contributed by atoms with Crippen molar-refractivity contribution in [3.05, 3.63) is 26.6 Å². The molecule has 1 atom stereocenters. The Balaban J connectivity index is 2.24. The van der Waals surface area contributed by atoms with Crippen molar-refractivity contribution in [1.82, 2.24) is 14.5 Å². The van der Waals surface area contributed by atoms with Crippen LogP contribution in [-0.4, -0.2) is 38.6 Å². The predicted molar refractivity (Wildman–Crippen MR) is 99.5 cm³/mol. The molecular weight excluding hydrogens is 338 g/mol. The summed E-state index contributed by atoms with van der Waals surface area (Å²) in [5, 5.41) is 10.1. The molecule has 2 aromatic rings. The smallest absolute Gasteiger partial charge is 0.326 e. The lowest BCUT2D eigenvalue weighted by Gasteiger charge is -2.22. The first kappa shape index (κ1) is 18.1. The van der Waals surface area contributed by atoms with Gasteiger partial charge in [0.15, 0.2) is 0 Å². The number of carbonyl (C=O) groups is 1. The summed E-state index contributed by atoms with van der Waals surface area (Å²) in [5.74, 6) is -0.456. The standard InChI is InChI=1S/C18H25N3O3S/c1-4-20(5-2)10-14-19-16-15(12-8-6-7-9-13(12)25-16)17(22)21(14)11(3)18(23)24/h11H,4-10H2,1-3H3,(H,23,24). The number of fused-ring (bicyclic) bond motifs is 3. The summed E-state index contributed by atoms with van der Waals surface area (Å²) in [6.45, 7) is 7.80. The Labute approximate surface area is 151 Å². The van der Waals surface area contributed by atoms with Crippen molar-refractivity contribution in [3.63, 3.8) is 0 Å². The van der Waals surface area contributed by atoms with Crippen LogP contribution in [0.25, 0.3) is 10.2 Å². The first-order chi connectivity index (χ1) is 12.0. The maximum Gasteiger partial charge on any atom is 0.326 e. The monoisotopic (exact) mass is 363 g/mol. The van der Waals surface area contributed by atoms with Crippen molar-refractivity contribution < 1.29 is 9.90 Å². The number of carboxylic acid groups (broad SMARTS) is 1. The van der Waals surface area contributed by atoms with E-state index in [-0.39, 0.29) is 5.56 Å². The van der Waals surface area contributed by atoms with Crippen LogP contribution in [-0.2, 0) is 24.2 Å². The minimum Gasteiger partial charge on any atom is -0.480 e. The molecule has 0 aliphatic heterocycles. The van der Waals surface area contributed by atoms with Crippen molar-refractivity contribution in [3.8, 4) is 0 Å². The summed E-state index contributed by atoms with van der Waals surface area (Å²) >= 11 is 1.61. The van der Waals surface area contributed by atoms with Gasteiger partial charge in [0.1, 0.15) is 16.7 Å². The Bertz CT molecular complexity index is 851. The first-order valence-electron chi connectivity index (χ1n) is 8.98. The van der Waals surface area contributed by atoms with Crippen LogP contribution in [0.5, 0.6) is 0 Å². The van der Waals surface area contributed by atoms with Crippen LogP contribution in [0.2, 0.25) is 0 Å². The third-order valence-electron chi connectivity index (χ3n) is 5.10. The minimum atomic E-state index is -1.01. The van der Waals surface area contributed by atoms with Gasteiger partial charge in [0.05, 0.1) is 11.9 Å². The van der Waals surface area contributed by atoms with E-state index in [1.807, 2.05) is 0 Å². The van der Waals surface area contributed by atoms with E-state index < -0.39 is 12.0 Å². The van der Waals surface area contributed by atoms with E-state index in [1.165, 1.54) is 9.44 Å². The fourth-order valence-corrected chi connectivity index (χ4v) is 4.80. The van der Waals surface area contributed by atoms with E-state index in [4.69, 9.17) is 4.98 Å². The number of nitrogens with zero attached hydrogens (tertiary/aromatic N) is 3. The Morgan fingerprint density at radius 3 is 2.64 bits per heavy atom. The van der Waals surface area contributed by atoms with E-state index >= 15 is 0 Å². The predicted octanol–water partition coefficient (Wildman–Crippen LogP) is 2.82. The zero-order valence-electron chi connectivity index (χ0n) is 15.0. The second kappa shape index (κ2) is 7.25. The highest BCUT2D eigenvalue weighted by Gasteiger charge is 2.26. The summed E-state index contributed by atoms with van der Waals surface area (Å²) in [6.07, 6.45) is 4.11. The molecular formula is C18H25N3O3S. The van der Waals surface area contributed by atoms with Crippen LogP contribution in [0.1, 0.15) is 55.9 Å². The molecule has 0 saturated carbocycles. The van der Waals surface area contributed by atoms with Gasteiger partial charge in [0.25, 0.3) is 5.56 Å². The van der Waals surface area contributed by atoms with Gasteiger partial charge in [-0.05, 0) is 51.3 Å². The molecule has 0 spiro atoms. The van der Waals surface area contributed by atoms with Crippen molar-refractivity contribution in [2.24, 2.45) is 0 Å². The summed E-state index contributed by atoms with van der Waals surface area (Å²) in [6, 6.07) is -0.922. The Morgan fingerprint density at radius 1 is 1.32 bits per heavy atom. The number of aromatic nitrogens is 2. The number of thiophene rings is 1. The molecule has 1 N–H and O–H groups in total. The molecule has 0 radical (unpaired) electrons. The molecule has 1 aliphatic rings. The lowest BCUT2D eigenvalue weighted by molar-refractivity contribution is -0.140. The van der Waals surface area contributed by atoms with Crippen LogP contribution in [0.4, 0.5) is 0 Å². The molecule has 0 saturated heterocycles. The lowest BCUT2D eigenvalue weighted by atomic mass is 9.97. The van der Waals surface area contributed by atoms with Crippen molar-refractivity contribution >= 4 is 27.5 Å². The van der Waals surface area contributed by atoms with Crippen LogP contribution in [0.15, 0.2) is 4.79 Å². The van der Waals surface area contributed by atoms with Crippen molar-refractivity contribution in [2.45, 2.75) is 59.0 Å². The van der Waals surface area contributed by atoms with Crippen molar-refractivity contribution in [2.75, 3.05) is 13.1 Å². The highest BCUT2D eigenvalue weighted by atomic mass is 32.1. The molecule has 0 aromatic carbocycles. The number of hydrogen-bond acceptors (Lipinski definition) is 5. The summed E-state index contributed by atoms with van der Waals surface area (Å²) in [5.41, 5.74) is 0.908. The Hall–Kier alpha value is -1.73. The van der Waals surface area contributed by atoms with Crippen LogP contribution >= 0.6 is 11.3 Å². The Kier molecular flexibility index (Phi) is 5.24. The lowest BCUT2D eigenvalue weighted by Crippen LogP contribution is -2.35. The third-order valence-corrected chi connectivity index (χ3v) is 6.28. The minimum absolute atomic E-state index is 0.193. The van der Waals surface area contributed by atoms with E-state index in [1.54, 1.807) is 18.3 Å². The molecule has 2 heterocycles. The average Bonchev–Trinajstić information content (AvgIpc) is 2.97. The van der Waals surface area contributed by atoms with Gasteiger partial charge in [-0.15, -0.1) is 11.3 Å².